The molecular weight excluding hydrogens is 420 g/mol. The molecular formula is C22H24N2O4S2. The maximum atomic E-state index is 12.5. The van der Waals surface area contributed by atoms with Gasteiger partial charge in [-0.1, -0.05) is 54.4 Å². The van der Waals surface area contributed by atoms with E-state index in [1.165, 1.54) is 31.4 Å². The summed E-state index contributed by atoms with van der Waals surface area (Å²) in [5.41, 5.74) is 7.21. The molecule has 1 aromatic heterocycles. The number of carboxylic acids is 1. The van der Waals surface area contributed by atoms with Crippen LogP contribution in [0.15, 0.2) is 65.6 Å². The van der Waals surface area contributed by atoms with Crippen LogP contribution >= 0.6 is 11.3 Å². The monoisotopic (exact) mass is 444 g/mol. The topological polar surface area (TPSA) is 109 Å². The Kier molecular flexibility index (Phi) is 6.91. The molecule has 0 atom stereocenters. The van der Waals surface area contributed by atoms with Gasteiger partial charge in [-0.05, 0) is 43.5 Å². The molecule has 2 aromatic carbocycles. The number of hydrogen-bond donors (Lipinski definition) is 3. The zero-order valence-corrected chi connectivity index (χ0v) is 18.2. The first-order valence-corrected chi connectivity index (χ1v) is 11.8. The maximum absolute atomic E-state index is 12.5. The number of thiophene rings is 1. The molecule has 0 spiro atoms. The van der Waals surface area contributed by atoms with Gasteiger partial charge in [0.2, 0.25) is 0 Å². The van der Waals surface area contributed by atoms with Crippen LogP contribution in [-0.2, 0) is 10.0 Å². The summed E-state index contributed by atoms with van der Waals surface area (Å²) < 4.78 is 27.5. The van der Waals surface area contributed by atoms with E-state index in [9.17, 15) is 18.3 Å². The molecule has 1 aliphatic carbocycles. The van der Waals surface area contributed by atoms with E-state index in [2.05, 4.69) is 4.72 Å². The van der Waals surface area contributed by atoms with Gasteiger partial charge in [-0.2, -0.15) is 0 Å². The minimum Gasteiger partial charge on any atom is -0.477 e. The van der Waals surface area contributed by atoms with Gasteiger partial charge in [0.25, 0.3) is 10.0 Å². The molecule has 1 aliphatic rings. The largest absolute Gasteiger partial charge is 0.477 e. The maximum Gasteiger partial charge on any atom is 0.348 e. The number of nitrogens with one attached hydrogen (secondary N) is 1. The molecule has 0 aliphatic heterocycles. The molecule has 30 heavy (non-hydrogen) atoms. The summed E-state index contributed by atoms with van der Waals surface area (Å²) in [6.07, 6.45) is 3.89. The van der Waals surface area contributed by atoms with Crippen LogP contribution in [0.3, 0.4) is 0 Å². The fourth-order valence-electron chi connectivity index (χ4n) is 2.73. The van der Waals surface area contributed by atoms with Crippen molar-refractivity contribution in [3.05, 3.63) is 71.1 Å². The molecule has 1 saturated carbocycles. The van der Waals surface area contributed by atoms with Crippen molar-refractivity contribution in [3.8, 4) is 10.4 Å². The van der Waals surface area contributed by atoms with E-state index in [1.807, 2.05) is 37.3 Å². The van der Waals surface area contributed by atoms with Gasteiger partial charge in [0.15, 0.2) is 0 Å². The summed E-state index contributed by atoms with van der Waals surface area (Å²) in [5.74, 6) is -1.17. The Balaban J connectivity index is 0.000000448. The standard InChI is InChI=1S/C18H15NO4S2.C4H9N/c1-12-7-9-14(10-8-12)25(22,23)19-15-11-16(24-17(15)18(20)21)13-5-3-2-4-6-13;5-4-2-1-3-4/h2-11,19H,1H3,(H,20,21);4H,1-3,5H2. The highest BCUT2D eigenvalue weighted by atomic mass is 32.2. The third-order valence-electron chi connectivity index (χ3n) is 4.71. The number of hydrogen-bond acceptors (Lipinski definition) is 5. The van der Waals surface area contributed by atoms with E-state index < -0.39 is 16.0 Å². The quantitative estimate of drug-likeness (QED) is 0.527. The zero-order chi connectivity index (χ0) is 21.7. The normalized spacial score (nSPS) is 13.7. The SMILES string of the molecule is Cc1ccc(S(=O)(=O)Nc2cc(-c3ccccc3)sc2C(=O)O)cc1.NC1CCC1. The number of benzene rings is 2. The fourth-order valence-corrected chi connectivity index (χ4v) is 4.82. The Morgan fingerprint density at radius 1 is 1.10 bits per heavy atom. The van der Waals surface area contributed by atoms with Crippen LogP contribution in [0.25, 0.3) is 10.4 Å². The van der Waals surface area contributed by atoms with Crippen molar-refractivity contribution < 1.29 is 18.3 Å². The van der Waals surface area contributed by atoms with Crippen LogP contribution < -0.4 is 10.5 Å². The molecule has 8 heteroatoms. The highest BCUT2D eigenvalue weighted by Crippen LogP contribution is 2.35. The lowest BCUT2D eigenvalue weighted by Crippen LogP contribution is -2.27. The highest BCUT2D eigenvalue weighted by molar-refractivity contribution is 7.92. The van der Waals surface area contributed by atoms with E-state index in [-0.39, 0.29) is 15.5 Å². The van der Waals surface area contributed by atoms with Crippen molar-refractivity contribution in [2.45, 2.75) is 37.1 Å². The van der Waals surface area contributed by atoms with Crippen LogP contribution in [0.5, 0.6) is 0 Å². The summed E-state index contributed by atoms with van der Waals surface area (Å²) in [4.78, 5) is 12.2. The van der Waals surface area contributed by atoms with Gasteiger partial charge >= 0.3 is 5.97 Å². The summed E-state index contributed by atoms with van der Waals surface area (Å²) in [7, 11) is -3.86. The van der Waals surface area contributed by atoms with E-state index in [0.717, 1.165) is 22.5 Å². The summed E-state index contributed by atoms with van der Waals surface area (Å²) in [5, 5.41) is 9.41. The number of sulfonamides is 1. The smallest absolute Gasteiger partial charge is 0.348 e. The van der Waals surface area contributed by atoms with Crippen molar-refractivity contribution in [3.63, 3.8) is 0 Å². The first-order chi connectivity index (χ1) is 14.3. The van der Waals surface area contributed by atoms with E-state index in [4.69, 9.17) is 5.73 Å². The molecule has 0 radical (unpaired) electrons. The predicted molar refractivity (Wildman–Crippen MR) is 121 cm³/mol. The third-order valence-corrected chi connectivity index (χ3v) is 7.26. The van der Waals surface area contributed by atoms with Crippen molar-refractivity contribution >= 4 is 33.0 Å². The second-order valence-corrected chi connectivity index (χ2v) is 9.87. The second-order valence-electron chi connectivity index (χ2n) is 7.13. The number of aryl methyl sites for hydroxylation is 1. The van der Waals surface area contributed by atoms with Crippen LogP contribution in [0, 0.1) is 6.92 Å². The first kappa shape index (κ1) is 22.0. The summed E-state index contributed by atoms with van der Waals surface area (Å²) in [6, 6.07) is 17.7. The molecule has 1 heterocycles. The van der Waals surface area contributed by atoms with Crippen molar-refractivity contribution in [1.29, 1.82) is 0 Å². The highest BCUT2D eigenvalue weighted by Gasteiger charge is 2.22. The van der Waals surface area contributed by atoms with E-state index in [1.54, 1.807) is 18.2 Å². The third kappa shape index (κ3) is 5.47. The minimum atomic E-state index is -3.86. The Morgan fingerprint density at radius 3 is 2.20 bits per heavy atom. The number of carboxylic acid groups (broad SMARTS) is 1. The number of nitrogens with two attached hydrogens (primary N) is 1. The number of carbonyl (C=O) groups is 1. The molecule has 0 amide bonds. The van der Waals surface area contributed by atoms with Gasteiger partial charge in [-0.15, -0.1) is 11.3 Å². The molecule has 3 aromatic rings. The molecule has 0 saturated heterocycles. The molecule has 1 fully saturated rings. The molecule has 6 nitrogen and oxygen atoms in total. The minimum absolute atomic E-state index is 0.0467. The fraction of sp³-hybridized carbons (Fsp3) is 0.227. The Bertz CT molecular complexity index is 1100. The lowest BCUT2D eigenvalue weighted by molar-refractivity contribution is 0.0703. The summed E-state index contributed by atoms with van der Waals surface area (Å²) >= 11 is 1.03. The molecule has 0 unspecified atom stereocenters. The molecule has 4 N–H and O–H groups in total. The van der Waals surface area contributed by atoms with Crippen LogP contribution in [0.1, 0.15) is 34.5 Å². The van der Waals surface area contributed by atoms with E-state index in [0.29, 0.717) is 10.9 Å². The molecule has 4 rings (SSSR count). The zero-order valence-electron chi connectivity index (χ0n) is 16.5. The lowest BCUT2D eigenvalue weighted by Gasteiger charge is -2.18. The summed E-state index contributed by atoms with van der Waals surface area (Å²) in [6.45, 7) is 1.86. The lowest BCUT2D eigenvalue weighted by atomic mass is 9.95. The number of anilines is 1. The Hall–Kier alpha value is -2.68. The first-order valence-electron chi connectivity index (χ1n) is 9.54. The van der Waals surface area contributed by atoms with Crippen LogP contribution in [0.4, 0.5) is 5.69 Å². The second kappa shape index (κ2) is 9.42. The van der Waals surface area contributed by atoms with Crippen molar-refractivity contribution in [1.82, 2.24) is 0 Å². The Morgan fingerprint density at radius 2 is 1.70 bits per heavy atom. The predicted octanol–water partition coefficient (Wildman–Crippen LogP) is 4.72. The van der Waals surface area contributed by atoms with E-state index >= 15 is 0 Å². The van der Waals surface area contributed by atoms with Gasteiger partial charge < -0.3 is 10.8 Å². The van der Waals surface area contributed by atoms with Gasteiger partial charge in [0.1, 0.15) is 4.88 Å². The van der Waals surface area contributed by atoms with Crippen LogP contribution in [0.2, 0.25) is 0 Å². The van der Waals surface area contributed by atoms with Gasteiger partial charge in [-0.3, -0.25) is 4.72 Å². The molecule has 158 valence electrons. The molecule has 0 bridgehead atoms. The van der Waals surface area contributed by atoms with Crippen molar-refractivity contribution in [2.75, 3.05) is 4.72 Å². The Labute approximate surface area is 180 Å². The van der Waals surface area contributed by atoms with Gasteiger partial charge in [0.05, 0.1) is 10.6 Å². The van der Waals surface area contributed by atoms with Crippen molar-refractivity contribution in [2.24, 2.45) is 5.73 Å². The van der Waals surface area contributed by atoms with Crippen LogP contribution in [-0.4, -0.2) is 25.5 Å². The van der Waals surface area contributed by atoms with Gasteiger partial charge in [0, 0.05) is 10.9 Å². The van der Waals surface area contributed by atoms with Gasteiger partial charge in [-0.25, -0.2) is 13.2 Å². The number of rotatable bonds is 5. The number of aromatic carboxylic acids is 1. The average molecular weight is 445 g/mol. The average Bonchev–Trinajstić information content (AvgIpc) is 3.11.